The molecule has 0 atom stereocenters. The molecule has 0 aliphatic heterocycles. The second kappa shape index (κ2) is 4.81. The second-order valence-corrected chi connectivity index (χ2v) is 2.38. The lowest BCUT2D eigenvalue weighted by atomic mass is 10.7. The third kappa shape index (κ3) is 4.51. The number of ether oxygens (including phenoxy) is 1. The molecule has 0 aliphatic rings. The highest BCUT2D eigenvalue weighted by Gasteiger charge is 1.83. The third-order valence-corrected chi connectivity index (χ3v) is 1.98. The third-order valence-electron chi connectivity index (χ3n) is 0.358. The van der Waals surface area contributed by atoms with Crippen LogP contribution in [0.25, 0.3) is 0 Å². The van der Waals surface area contributed by atoms with E-state index in [2.05, 4.69) is 43.7 Å². The summed E-state index contributed by atoms with van der Waals surface area (Å²) in [5.41, 5.74) is 0. The highest BCUT2D eigenvalue weighted by molar-refractivity contribution is 9.14. The highest BCUT2D eigenvalue weighted by atomic mass is 79.9. The highest BCUT2D eigenvalue weighted by Crippen LogP contribution is 2.06. The summed E-state index contributed by atoms with van der Waals surface area (Å²) in [7, 11) is 3.18. The van der Waals surface area contributed by atoms with Gasteiger partial charge in [-0.25, -0.2) is 0 Å². The minimum atomic E-state index is 0.519. The monoisotopic (exact) mass is 227 g/mol. The maximum atomic E-state index is 4.50. The van der Waals surface area contributed by atoms with Crippen LogP contribution in [0.1, 0.15) is 0 Å². The maximum Gasteiger partial charge on any atom is 0.0788 e. The predicted molar refractivity (Wildman–Crippen MR) is 37.2 cm³/mol. The molecule has 41 valence electrons. The van der Waals surface area contributed by atoms with Crippen molar-refractivity contribution in [2.75, 3.05) is 6.61 Å². The van der Waals surface area contributed by atoms with Gasteiger partial charge in [0.1, 0.15) is 0 Å². The molecule has 0 amide bonds. The normalized spacial score (nSPS) is 12.1. The molecule has 0 unspecified atom stereocenters. The Bertz CT molecular complexity index is 70.1. The van der Waals surface area contributed by atoms with Gasteiger partial charge in [0.15, 0.2) is 0 Å². The molecule has 0 spiro atoms. The van der Waals surface area contributed by atoms with Crippen molar-refractivity contribution in [1.82, 2.24) is 0 Å². The molecule has 7 heavy (non-hydrogen) atoms. The lowest BCUT2D eigenvalue weighted by Gasteiger charge is -1.90. The van der Waals surface area contributed by atoms with Crippen LogP contribution in [0.3, 0.4) is 0 Å². The van der Waals surface area contributed by atoms with Crippen molar-refractivity contribution in [2.24, 2.45) is 0 Å². The molecular formula is C4H5Br2O. The fourth-order valence-corrected chi connectivity index (χ4v) is 0.423. The molecule has 0 heterocycles. The fraction of sp³-hybridized carbons (Fsp3) is 0.250. The molecule has 0 aromatic heterocycles. The van der Waals surface area contributed by atoms with Gasteiger partial charge in [-0.1, -0.05) is 31.9 Å². The van der Waals surface area contributed by atoms with Crippen LogP contribution in [-0.4, -0.2) is 6.61 Å². The van der Waals surface area contributed by atoms with Gasteiger partial charge in [-0.3, -0.25) is 0 Å². The standard InChI is InChI=1S/C4H5Br2O/c1-7-3-4(6)2-5/h2H,1,3H2. The van der Waals surface area contributed by atoms with Gasteiger partial charge >= 0.3 is 0 Å². The van der Waals surface area contributed by atoms with Gasteiger partial charge in [0, 0.05) is 4.48 Å². The molecular weight excluding hydrogens is 224 g/mol. The SMILES string of the molecule is [CH2]OCC(Br)=CBr. The van der Waals surface area contributed by atoms with Crippen molar-refractivity contribution in [3.05, 3.63) is 16.6 Å². The summed E-state index contributed by atoms with van der Waals surface area (Å²) in [4.78, 5) is 1.73. The van der Waals surface area contributed by atoms with E-state index in [4.69, 9.17) is 0 Å². The van der Waals surface area contributed by atoms with E-state index in [1.807, 2.05) is 0 Å². The van der Waals surface area contributed by atoms with Crippen molar-refractivity contribution in [3.63, 3.8) is 0 Å². The molecule has 0 aromatic rings. The Kier molecular flexibility index (Phi) is 5.26. The molecule has 0 aliphatic carbocycles. The van der Waals surface area contributed by atoms with Crippen molar-refractivity contribution < 1.29 is 4.74 Å². The molecule has 0 saturated heterocycles. The summed E-state index contributed by atoms with van der Waals surface area (Å²) >= 11 is 6.29. The summed E-state index contributed by atoms with van der Waals surface area (Å²) in [6.45, 7) is 0.519. The van der Waals surface area contributed by atoms with E-state index in [9.17, 15) is 0 Å². The Labute approximate surface area is 60.0 Å². The minimum absolute atomic E-state index is 0.519. The van der Waals surface area contributed by atoms with Gasteiger partial charge in [-0.2, -0.15) is 0 Å². The van der Waals surface area contributed by atoms with Crippen molar-refractivity contribution in [2.45, 2.75) is 0 Å². The van der Waals surface area contributed by atoms with Crippen LogP contribution in [0, 0.1) is 7.11 Å². The summed E-state index contributed by atoms with van der Waals surface area (Å²) < 4.78 is 5.45. The molecule has 0 rings (SSSR count). The Morgan fingerprint density at radius 2 is 2.43 bits per heavy atom. The topological polar surface area (TPSA) is 9.23 Å². The van der Waals surface area contributed by atoms with Crippen LogP contribution in [0.2, 0.25) is 0 Å². The average Bonchev–Trinajstić information content (AvgIpc) is 1.68. The van der Waals surface area contributed by atoms with Crippen LogP contribution in [-0.2, 0) is 4.74 Å². The molecule has 0 aromatic carbocycles. The molecule has 0 saturated carbocycles. The molecule has 1 nitrogen and oxygen atoms in total. The van der Waals surface area contributed by atoms with Crippen molar-refractivity contribution in [3.8, 4) is 0 Å². The first kappa shape index (κ1) is 7.66. The number of rotatable bonds is 2. The smallest absolute Gasteiger partial charge is 0.0788 e. The first-order chi connectivity index (χ1) is 3.31. The molecule has 0 fully saturated rings. The van der Waals surface area contributed by atoms with E-state index in [1.54, 1.807) is 4.99 Å². The van der Waals surface area contributed by atoms with Gasteiger partial charge in [0.25, 0.3) is 0 Å². The average molecular weight is 229 g/mol. The van der Waals surface area contributed by atoms with Gasteiger partial charge in [-0.05, 0) is 4.99 Å². The van der Waals surface area contributed by atoms with Crippen LogP contribution >= 0.6 is 31.9 Å². The number of hydrogen-bond donors (Lipinski definition) is 0. The quantitative estimate of drug-likeness (QED) is 0.706. The summed E-state index contributed by atoms with van der Waals surface area (Å²) in [5, 5.41) is 0. The summed E-state index contributed by atoms with van der Waals surface area (Å²) in [5.74, 6) is 0. The number of hydrogen-bond acceptors (Lipinski definition) is 1. The predicted octanol–water partition coefficient (Wildman–Crippen LogP) is 2.43. The Morgan fingerprint density at radius 3 is 2.57 bits per heavy atom. The molecule has 3 heteroatoms. The lowest BCUT2D eigenvalue weighted by molar-refractivity contribution is 0.280. The van der Waals surface area contributed by atoms with Crippen LogP contribution in [0.4, 0.5) is 0 Å². The largest absolute Gasteiger partial charge is 0.374 e. The van der Waals surface area contributed by atoms with Gasteiger partial charge < -0.3 is 4.74 Å². The van der Waals surface area contributed by atoms with Crippen LogP contribution < -0.4 is 0 Å². The molecule has 0 N–H and O–H groups in total. The lowest BCUT2D eigenvalue weighted by Crippen LogP contribution is -1.81. The zero-order chi connectivity index (χ0) is 5.70. The van der Waals surface area contributed by atoms with E-state index in [-0.39, 0.29) is 0 Å². The molecule has 0 bridgehead atoms. The van der Waals surface area contributed by atoms with E-state index in [1.165, 1.54) is 0 Å². The summed E-state index contributed by atoms with van der Waals surface area (Å²) in [6, 6.07) is 0. The zero-order valence-corrected chi connectivity index (χ0v) is 6.83. The number of halogens is 2. The van der Waals surface area contributed by atoms with Gasteiger partial charge in [-0.15, -0.1) is 0 Å². The maximum absolute atomic E-state index is 4.50. The first-order valence-electron chi connectivity index (χ1n) is 1.63. The van der Waals surface area contributed by atoms with E-state index >= 15 is 0 Å². The molecule has 1 radical (unpaired) electrons. The first-order valence-corrected chi connectivity index (χ1v) is 3.34. The Balaban J connectivity index is 3.17. The van der Waals surface area contributed by atoms with Crippen molar-refractivity contribution in [1.29, 1.82) is 0 Å². The van der Waals surface area contributed by atoms with Crippen molar-refractivity contribution >= 4 is 31.9 Å². The van der Waals surface area contributed by atoms with E-state index in [0.717, 1.165) is 4.48 Å². The Hall–Kier alpha value is 0.660. The van der Waals surface area contributed by atoms with E-state index in [0.29, 0.717) is 6.61 Å². The second-order valence-electron chi connectivity index (χ2n) is 0.904. The zero-order valence-electron chi connectivity index (χ0n) is 3.66. The Morgan fingerprint density at radius 1 is 1.86 bits per heavy atom. The van der Waals surface area contributed by atoms with Crippen LogP contribution in [0.15, 0.2) is 9.47 Å². The van der Waals surface area contributed by atoms with Gasteiger partial charge in [0.05, 0.1) is 13.7 Å². The van der Waals surface area contributed by atoms with Gasteiger partial charge in [0.2, 0.25) is 0 Å². The van der Waals surface area contributed by atoms with E-state index < -0.39 is 0 Å². The summed E-state index contributed by atoms with van der Waals surface area (Å²) in [6.07, 6.45) is 0. The minimum Gasteiger partial charge on any atom is -0.374 e. The fourth-order valence-electron chi connectivity index (χ4n) is 0.129. The van der Waals surface area contributed by atoms with Crippen LogP contribution in [0.5, 0.6) is 0 Å².